The molecule has 1 atom stereocenters. The molecule has 0 aliphatic carbocycles. The molecular weight excluding hydrogens is 210 g/mol. The first-order valence-corrected chi connectivity index (χ1v) is 5.25. The molecule has 0 saturated carbocycles. The predicted molar refractivity (Wildman–Crippen MR) is 58.7 cm³/mol. The van der Waals surface area contributed by atoms with Gasteiger partial charge in [0, 0.05) is 19.6 Å². The van der Waals surface area contributed by atoms with Crippen molar-refractivity contribution in [1.82, 2.24) is 10.2 Å². The Hall–Kier alpha value is -1.14. The van der Waals surface area contributed by atoms with E-state index in [4.69, 9.17) is 5.73 Å². The molecule has 1 unspecified atom stereocenters. The third-order valence-corrected chi connectivity index (χ3v) is 2.50. The minimum absolute atomic E-state index is 0.150. The molecule has 1 rings (SSSR count). The molecule has 1 saturated heterocycles. The number of carbonyl (C=O) groups excluding carboxylic acids is 2. The summed E-state index contributed by atoms with van der Waals surface area (Å²) in [5.74, 6) is -0.504. The van der Waals surface area contributed by atoms with Gasteiger partial charge in [-0.25, -0.2) is 0 Å². The van der Waals surface area contributed by atoms with Crippen LogP contribution < -0.4 is 11.1 Å². The SMILES string of the molecule is COC(=O)C1CN(C(=O)C(C)(C)N)CCN1. The van der Waals surface area contributed by atoms with Crippen molar-refractivity contribution >= 4 is 11.9 Å². The number of hydrogen-bond acceptors (Lipinski definition) is 5. The Labute approximate surface area is 95.1 Å². The van der Waals surface area contributed by atoms with Crippen molar-refractivity contribution in [2.75, 3.05) is 26.7 Å². The van der Waals surface area contributed by atoms with E-state index in [9.17, 15) is 9.59 Å². The molecule has 1 amide bonds. The van der Waals surface area contributed by atoms with Gasteiger partial charge in [-0.1, -0.05) is 0 Å². The molecule has 16 heavy (non-hydrogen) atoms. The van der Waals surface area contributed by atoms with Gasteiger partial charge in [0.05, 0.1) is 12.6 Å². The van der Waals surface area contributed by atoms with Crippen molar-refractivity contribution in [2.45, 2.75) is 25.4 Å². The second-order valence-electron chi connectivity index (χ2n) is 4.50. The van der Waals surface area contributed by atoms with Crippen LogP contribution in [0.3, 0.4) is 0 Å². The van der Waals surface area contributed by atoms with Gasteiger partial charge in [-0.2, -0.15) is 0 Å². The van der Waals surface area contributed by atoms with Crippen molar-refractivity contribution in [2.24, 2.45) is 5.73 Å². The highest BCUT2D eigenvalue weighted by Gasteiger charge is 2.33. The van der Waals surface area contributed by atoms with Crippen molar-refractivity contribution in [3.05, 3.63) is 0 Å². The van der Waals surface area contributed by atoms with E-state index in [0.29, 0.717) is 19.6 Å². The summed E-state index contributed by atoms with van der Waals surface area (Å²) in [4.78, 5) is 24.8. The number of rotatable bonds is 2. The van der Waals surface area contributed by atoms with Crippen LogP contribution >= 0.6 is 0 Å². The average molecular weight is 229 g/mol. The number of ether oxygens (including phenoxy) is 1. The molecule has 6 nitrogen and oxygen atoms in total. The summed E-state index contributed by atoms with van der Waals surface area (Å²) >= 11 is 0. The quantitative estimate of drug-likeness (QED) is 0.575. The van der Waals surface area contributed by atoms with Crippen LogP contribution in [0.15, 0.2) is 0 Å². The fourth-order valence-electron chi connectivity index (χ4n) is 1.64. The number of amides is 1. The smallest absolute Gasteiger partial charge is 0.324 e. The normalized spacial score (nSPS) is 21.8. The molecule has 0 radical (unpaired) electrons. The lowest BCUT2D eigenvalue weighted by Gasteiger charge is -2.35. The standard InChI is InChI=1S/C10H19N3O3/c1-10(2,11)9(15)13-5-4-12-7(6-13)8(14)16-3/h7,12H,4-6,11H2,1-3H3. The Morgan fingerprint density at radius 2 is 2.12 bits per heavy atom. The van der Waals surface area contributed by atoms with Crippen LogP contribution in [-0.2, 0) is 14.3 Å². The summed E-state index contributed by atoms with van der Waals surface area (Å²) in [6.07, 6.45) is 0. The Balaban J connectivity index is 2.64. The molecule has 3 N–H and O–H groups in total. The predicted octanol–water partition coefficient (Wildman–Crippen LogP) is -1.30. The summed E-state index contributed by atoms with van der Waals surface area (Å²) in [5, 5.41) is 3.00. The molecule has 1 aliphatic heterocycles. The lowest BCUT2D eigenvalue weighted by molar-refractivity contribution is -0.146. The second-order valence-corrected chi connectivity index (χ2v) is 4.50. The van der Waals surface area contributed by atoms with Crippen LogP contribution in [0.5, 0.6) is 0 Å². The molecule has 1 aliphatic rings. The summed E-state index contributed by atoms with van der Waals surface area (Å²) in [5.41, 5.74) is 4.83. The van der Waals surface area contributed by atoms with Crippen LogP contribution in [0.4, 0.5) is 0 Å². The number of nitrogens with two attached hydrogens (primary N) is 1. The first kappa shape index (κ1) is 12.9. The number of esters is 1. The van der Waals surface area contributed by atoms with E-state index >= 15 is 0 Å². The highest BCUT2D eigenvalue weighted by Crippen LogP contribution is 2.08. The number of carbonyl (C=O) groups is 2. The zero-order valence-corrected chi connectivity index (χ0v) is 9.95. The molecule has 1 heterocycles. The first-order valence-electron chi connectivity index (χ1n) is 5.25. The number of hydrogen-bond donors (Lipinski definition) is 2. The summed E-state index contributed by atoms with van der Waals surface area (Å²) < 4.78 is 4.63. The third kappa shape index (κ3) is 2.93. The van der Waals surface area contributed by atoms with E-state index in [2.05, 4.69) is 10.1 Å². The van der Waals surface area contributed by atoms with Crippen LogP contribution in [0.2, 0.25) is 0 Å². The average Bonchev–Trinajstić information content (AvgIpc) is 2.26. The number of nitrogens with zero attached hydrogens (tertiary/aromatic N) is 1. The van der Waals surface area contributed by atoms with Gasteiger partial charge in [-0.15, -0.1) is 0 Å². The fourth-order valence-corrected chi connectivity index (χ4v) is 1.64. The Bertz CT molecular complexity index is 286. The maximum absolute atomic E-state index is 11.9. The minimum atomic E-state index is -0.905. The molecule has 0 bridgehead atoms. The van der Waals surface area contributed by atoms with Crippen LogP contribution in [0.25, 0.3) is 0 Å². The van der Waals surface area contributed by atoms with Gasteiger partial charge in [-0.05, 0) is 13.8 Å². The van der Waals surface area contributed by atoms with Gasteiger partial charge in [0.25, 0.3) is 0 Å². The second kappa shape index (κ2) is 4.80. The molecular formula is C10H19N3O3. The van der Waals surface area contributed by atoms with Gasteiger partial charge in [0.1, 0.15) is 6.04 Å². The summed E-state index contributed by atoms with van der Waals surface area (Å²) in [6, 6.07) is -0.454. The van der Waals surface area contributed by atoms with E-state index in [-0.39, 0.29) is 11.9 Å². The Kier molecular flexibility index (Phi) is 3.88. The first-order chi connectivity index (χ1) is 7.36. The topological polar surface area (TPSA) is 84.7 Å². The zero-order chi connectivity index (χ0) is 12.3. The highest BCUT2D eigenvalue weighted by atomic mass is 16.5. The van der Waals surface area contributed by atoms with Gasteiger partial charge in [-0.3, -0.25) is 9.59 Å². The van der Waals surface area contributed by atoms with E-state index in [1.807, 2.05) is 0 Å². The van der Waals surface area contributed by atoms with Gasteiger partial charge in [0.15, 0.2) is 0 Å². The van der Waals surface area contributed by atoms with Crippen molar-refractivity contribution in [3.63, 3.8) is 0 Å². The molecule has 6 heteroatoms. The molecule has 0 aromatic rings. The van der Waals surface area contributed by atoms with Crippen molar-refractivity contribution < 1.29 is 14.3 Å². The van der Waals surface area contributed by atoms with E-state index < -0.39 is 11.6 Å². The number of methoxy groups -OCH3 is 1. The van der Waals surface area contributed by atoms with Gasteiger partial charge >= 0.3 is 5.97 Å². The Morgan fingerprint density at radius 1 is 1.50 bits per heavy atom. The van der Waals surface area contributed by atoms with E-state index in [0.717, 1.165) is 0 Å². The number of piperazine rings is 1. The summed E-state index contributed by atoms with van der Waals surface area (Å²) in [6.45, 7) is 4.76. The Morgan fingerprint density at radius 3 is 2.62 bits per heavy atom. The largest absolute Gasteiger partial charge is 0.468 e. The van der Waals surface area contributed by atoms with Crippen LogP contribution in [0.1, 0.15) is 13.8 Å². The van der Waals surface area contributed by atoms with Crippen molar-refractivity contribution in [3.8, 4) is 0 Å². The fraction of sp³-hybridized carbons (Fsp3) is 0.800. The van der Waals surface area contributed by atoms with Gasteiger partial charge in [0.2, 0.25) is 5.91 Å². The monoisotopic (exact) mass is 229 g/mol. The number of nitrogens with one attached hydrogen (secondary N) is 1. The maximum Gasteiger partial charge on any atom is 0.324 e. The third-order valence-electron chi connectivity index (χ3n) is 2.50. The van der Waals surface area contributed by atoms with Gasteiger partial charge < -0.3 is 20.7 Å². The molecule has 92 valence electrons. The van der Waals surface area contributed by atoms with E-state index in [1.54, 1.807) is 18.7 Å². The summed E-state index contributed by atoms with van der Waals surface area (Å²) in [7, 11) is 1.33. The lowest BCUT2D eigenvalue weighted by atomic mass is 10.0. The maximum atomic E-state index is 11.9. The van der Waals surface area contributed by atoms with E-state index in [1.165, 1.54) is 7.11 Å². The highest BCUT2D eigenvalue weighted by molar-refractivity contribution is 5.86. The molecule has 0 spiro atoms. The van der Waals surface area contributed by atoms with Crippen molar-refractivity contribution in [1.29, 1.82) is 0 Å². The lowest BCUT2D eigenvalue weighted by Crippen LogP contribution is -2.61. The molecule has 1 fully saturated rings. The van der Waals surface area contributed by atoms with Crippen LogP contribution in [-0.4, -0.2) is 55.1 Å². The zero-order valence-electron chi connectivity index (χ0n) is 9.95. The minimum Gasteiger partial charge on any atom is -0.468 e. The molecule has 0 aromatic carbocycles. The molecule has 0 aromatic heterocycles. The van der Waals surface area contributed by atoms with Crippen LogP contribution in [0, 0.1) is 0 Å².